The number of carbonyl (C=O) groups is 2. The van der Waals surface area contributed by atoms with E-state index in [9.17, 15) is 9.59 Å². The highest BCUT2D eigenvalue weighted by Gasteiger charge is 2.33. The van der Waals surface area contributed by atoms with E-state index in [2.05, 4.69) is 12.2 Å². The van der Waals surface area contributed by atoms with Gasteiger partial charge in [-0.25, -0.2) is 0 Å². The summed E-state index contributed by atoms with van der Waals surface area (Å²) in [4.78, 5) is 28.6. The Morgan fingerprint density at radius 3 is 2.76 bits per heavy atom. The van der Waals surface area contributed by atoms with Crippen molar-refractivity contribution in [1.29, 1.82) is 0 Å². The van der Waals surface area contributed by atoms with E-state index in [0.717, 1.165) is 36.6 Å². The highest BCUT2D eigenvalue weighted by molar-refractivity contribution is 6.01. The third-order valence-electron chi connectivity index (χ3n) is 6.98. The number of benzene rings is 1. The lowest BCUT2D eigenvalue weighted by molar-refractivity contribution is 0.0472. The predicted molar refractivity (Wildman–Crippen MR) is 124 cm³/mol. The van der Waals surface area contributed by atoms with Crippen molar-refractivity contribution >= 4 is 11.8 Å². The maximum atomic E-state index is 13.4. The van der Waals surface area contributed by atoms with Crippen molar-refractivity contribution in [1.82, 2.24) is 14.8 Å². The van der Waals surface area contributed by atoms with Gasteiger partial charge in [0.25, 0.3) is 11.8 Å². The van der Waals surface area contributed by atoms with E-state index in [1.54, 1.807) is 6.07 Å². The normalized spacial score (nSPS) is 21.0. The molecule has 3 heterocycles. The van der Waals surface area contributed by atoms with Gasteiger partial charge in [0.05, 0.1) is 36.6 Å². The average molecular weight is 452 g/mol. The molecule has 1 aromatic heterocycles. The Hall–Kier alpha value is -2.64. The molecule has 0 spiro atoms. The largest absolute Gasteiger partial charge is 0.376 e. The maximum Gasteiger partial charge on any atom is 0.270 e. The molecule has 3 aliphatic rings. The number of fused-ring (bicyclic) bond motifs is 1. The van der Waals surface area contributed by atoms with Crippen molar-refractivity contribution in [2.24, 2.45) is 5.92 Å². The van der Waals surface area contributed by atoms with Crippen molar-refractivity contribution in [3.05, 3.63) is 58.9 Å². The van der Waals surface area contributed by atoms with Gasteiger partial charge in [-0.1, -0.05) is 37.3 Å². The standard InChI is InChI=1S/C26H33N3O4/c1-2-22(19-6-4-3-5-7-19)27-25(30)21-14-23(29-12-13-32-17-24(21)29)26(31)28-11-10-20(15-28)33-16-18-8-9-18/h3-7,14,18,20,22H,2,8-13,15-17H2,1H3,(H,27,30)/t20-,22+/m0/s1. The smallest absolute Gasteiger partial charge is 0.270 e. The van der Waals surface area contributed by atoms with Gasteiger partial charge in [-0.2, -0.15) is 0 Å². The topological polar surface area (TPSA) is 72.8 Å². The fraction of sp³-hybridized carbons (Fsp3) is 0.538. The Kier molecular flexibility index (Phi) is 6.51. The molecule has 7 nitrogen and oxygen atoms in total. The molecule has 1 saturated carbocycles. The third-order valence-corrected chi connectivity index (χ3v) is 6.98. The van der Waals surface area contributed by atoms with Crippen LogP contribution in [0.2, 0.25) is 0 Å². The first-order chi connectivity index (χ1) is 16.1. The summed E-state index contributed by atoms with van der Waals surface area (Å²) in [5.74, 6) is 0.534. The van der Waals surface area contributed by atoms with Crippen molar-refractivity contribution in [3.8, 4) is 0 Å². The summed E-state index contributed by atoms with van der Waals surface area (Å²) in [7, 11) is 0. The number of hydrogen-bond donors (Lipinski definition) is 1. The fourth-order valence-corrected chi connectivity index (χ4v) is 4.81. The molecule has 2 aromatic rings. The number of nitrogens with zero attached hydrogens (tertiary/aromatic N) is 2. The van der Waals surface area contributed by atoms with Crippen LogP contribution in [0, 0.1) is 5.92 Å². The van der Waals surface area contributed by atoms with Gasteiger partial charge in [-0.15, -0.1) is 0 Å². The van der Waals surface area contributed by atoms with Crippen molar-refractivity contribution in [3.63, 3.8) is 0 Å². The molecule has 1 saturated heterocycles. The number of rotatable bonds is 8. The van der Waals surface area contributed by atoms with E-state index in [1.165, 1.54) is 12.8 Å². The van der Waals surface area contributed by atoms with Crippen LogP contribution in [0.5, 0.6) is 0 Å². The molecule has 2 atom stereocenters. The maximum absolute atomic E-state index is 13.4. The van der Waals surface area contributed by atoms with Crippen LogP contribution in [0.25, 0.3) is 0 Å². The molecule has 2 fully saturated rings. The molecule has 1 N–H and O–H groups in total. The molecule has 0 unspecified atom stereocenters. The molecular formula is C26H33N3O4. The first-order valence-electron chi connectivity index (χ1n) is 12.2. The second-order valence-electron chi connectivity index (χ2n) is 9.38. The Bertz CT molecular complexity index is 998. The highest BCUT2D eigenvalue weighted by atomic mass is 16.5. The number of ether oxygens (including phenoxy) is 2. The van der Waals surface area contributed by atoms with E-state index in [4.69, 9.17) is 9.47 Å². The van der Waals surface area contributed by atoms with Crippen LogP contribution in [0.4, 0.5) is 0 Å². The average Bonchev–Trinajstić information content (AvgIpc) is 3.42. The summed E-state index contributed by atoms with van der Waals surface area (Å²) in [5, 5.41) is 3.16. The zero-order valence-corrected chi connectivity index (χ0v) is 19.3. The minimum Gasteiger partial charge on any atom is -0.376 e. The minimum atomic E-state index is -0.161. The van der Waals surface area contributed by atoms with E-state index < -0.39 is 0 Å². The summed E-state index contributed by atoms with van der Waals surface area (Å²) in [6, 6.07) is 11.7. The van der Waals surface area contributed by atoms with Crippen molar-refractivity contribution < 1.29 is 19.1 Å². The van der Waals surface area contributed by atoms with Crippen LogP contribution in [-0.4, -0.2) is 53.7 Å². The SMILES string of the molecule is CC[C@@H](NC(=O)c1cc(C(=O)N2CC[C@H](OCC3CC3)C2)n2c1COCC2)c1ccccc1. The van der Waals surface area contributed by atoms with Gasteiger partial charge < -0.3 is 24.3 Å². The molecule has 0 bridgehead atoms. The second-order valence-corrected chi connectivity index (χ2v) is 9.38. The molecule has 176 valence electrons. The van der Waals surface area contributed by atoms with E-state index in [-0.39, 0.29) is 24.0 Å². The van der Waals surface area contributed by atoms with Gasteiger partial charge in [0.2, 0.25) is 0 Å². The van der Waals surface area contributed by atoms with Crippen molar-refractivity contribution in [2.45, 2.75) is 57.9 Å². The second kappa shape index (κ2) is 9.69. The molecule has 1 aliphatic carbocycles. The van der Waals surface area contributed by atoms with Crippen LogP contribution in [0.3, 0.4) is 0 Å². The number of aromatic nitrogens is 1. The van der Waals surface area contributed by atoms with Crippen LogP contribution in [0.1, 0.15) is 70.8 Å². The third kappa shape index (κ3) is 4.84. The molecule has 2 aliphatic heterocycles. The van der Waals surface area contributed by atoms with Crippen LogP contribution in [0.15, 0.2) is 36.4 Å². The van der Waals surface area contributed by atoms with Crippen LogP contribution in [-0.2, 0) is 22.6 Å². The van der Waals surface area contributed by atoms with E-state index >= 15 is 0 Å². The Labute approximate surface area is 195 Å². The zero-order chi connectivity index (χ0) is 22.8. The number of hydrogen-bond acceptors (Lipinski definition) is 4. The predicted octanol–water partition coefficient (Wildman–Crippen LogP) is 3.54. The van der Waals surface area contributed by atoms with Crippen molar-refractivity contribution in [2.75, 3.05) is 26.3 Å². The van der Waals surface area contributed by atoms with Gasteiger partial charge >= 0.3 is 0 Å². The van der Waals surface area contributed by atoms with Gasteiger partial charge in [-0.05, 0) is 43.2 Å². The first kappa shape index (κ1) is 22.2. The van der Waals surface area contributed by atoms with Gasteiger partial charge in [0.1, 0.15) is 5.69 Å². The number of amides is 2. The summed E-state index contributed by atoms with van der Waals surface area (Å²) < 4.78 is 13.6. The zero-order valence-electron chi connectivity index (χ0n) is 19.3. The fourth-order valence-electron chi connectivity index (χ4n) is 4.81. The Morgan fingerprint density at radius 1 is 1.18 bits per heavy atom. The molecule has 2 amide bonds. The summed E-state index contributed by atoms with van der Waals surface area (Å²) in [6.07, 6.45) is 4.30. The summed E-state index contributed by atoms with van der Waals surface area (Å²) in [5.41, 5.74) is 2.97. The summed E-state index contributed by atoms with van der Waals surface area (Å²) >= 11 is 0. The number of carbonyl (C=O) groups excluding carboxylic acids is 2. The molecule has 7 heteroatoms. The van der Waals surface area contributed by atoms with E-state index in [1.807, 2.05) is 39.8 Å². The lowest BCUT2D eigenvalue weighted by Gasteiger charge is -2.22. The monoisotopic (exact) mass is 451 g/mol. The molecule has 0 radical (unpaired) electrons. The van der Waals surface area contributed by atoms with Gasteiger partial charge in [0, 0.05) is 26.2 Å². The first-order valence-corrected chi connectivity index (χ1v) is 12.2. The van der Waals surface area contributed by atoms with Crippen LogP contribution < -0.4 is 5.32 Å². The Balaban J connectivity index is 1.32. The van der Waals surface area contributed by atoms with Crippen LogP contribution >= 0.6 is 0 Å². The molecular weight excluding hydrogens is 418 g/mol. The molecule has 1 aromatic carbocycles. The number of nitrogens with one attached hydrogen (secondary N) is 1. The highest BCUT2D eigenvalue weighted by Crippen LogP contribution is 2.30. The minimum absolute atomic E-state index is 0.0233. The lowest BCUT2D eigenvalue weighted by atomic mass is 10.0. The van der Waals surface area contributed by atoms with E-state index in [0.29, 0.717) is 44.1 Å². The molecule has 5 rings (SSSR count). The quantitative estimate of drug-likeness (QED) is 0.666. The van der Waals surface area contributed by atoms with Gasteiger partial charge in [-0.3, -0.25) is 9.59 Å². The Morgan fingerprint density at radius 2 is 2.00 bits per heavy atom. The van der Waals surface area contributed by atoms with Gasteiger partial charge in [0.15, 0.2) is 0 Å². The number of likely N-dealkylation sites (tertiary alicyclic amines) is 1. The summed E-state index contributed by atoms with van der Waals surface area (Å²) in [6.45, 7) is 5.64. The molecule has 33 heavy (non-hydrogen) atoms. The lowest BCUT2D eigenvalue weighted by Crippen LogP contribution is -2.33.